The summed E-state index contributed by atoms with van der Waals surface area (Å²) in [6.45, 7) is 7.59. The van der Waals surface area contributed by atoms with Crippen molar-refractivity contribution >= 4 is 23.5 Å². The van der Waals surface area contributed by atoms with Crippen molar-refractivity contribution in [3.05, 3.63) is 85.5 Å². The first-order valence-electron chi connectivity index (χ1n) is 14.9. The number of ether oxygens (including phenoxy) is 3. The number of hydrogen-bond donors (Lipinski definition) is 1. The number of hydrogen-bond acceptors (Lipinski definition) is 7. The highest BCUT2D eigenvalue weighted by molar-refractivity contribution is 6.05. The topological polar surface area (TPSA) is 106 Å². The van der Waals surface area contributed by atoms with Crippen LogP contribution in [-0.2, 0) is 23.9 Å². The molecule has 43 heavy (non-hydrogen) atoms. The largest absolute Gasteiger partial charge is 0.497 e. The molecule has 2 bridgehead atoms. The molecule has 2 aromatic rings. The molecule has 0 radical (unpaired) electrons. The molecule has 3 heterocycles. The number of aliphatic hydroxyl groups is 1. The number of carbonyl (C=O) groups is 3. The number of anilines is 1. The summed E-state index contributed by atoms with van der Waals surface area (Å²) in [4.78, 5) is 45.8. The molecule has 3 saturated heterocycles. The van der Waals surface area contributed by atoms with Crippen molar-refractivity contribution in [3.63, 3.8) is 0 Å². The summed E-state index contributed by atoms with van der Waals surface area (Å²) in [6.07, 6.45) is 6.24. The molecule has 0 saturated carbocycles. The van der Waals surface area contributed by atoms with E-state index in [4.69, 9.17) is 14.2 Å². The van der Waals surface area contributed by atoms with E-state index in [0.29, 0.717) is 36.3 Å². The van der Waals surface area contributed by atoms with Gasteiger partial charge in [0.2, 0.25) is 5.91 Å². The van der Waals surface area contributed by atoms with Crippen molar-refractivity contribution in [1.82, 2.24) is 4.90 Å². The van der Waals surface area contributed by atoms with E-state index in [-0.39, 0.29) is 25.0 Å². The normalized spacial score (nSPS) is 26.1. The number of allylic oxidation sites excluding steroid dienone is 1. The number of methoxy groups -OCH3 is 1. The van der Waals surface area contributed by atoms with E-state index in [9.17, 15) is 19.5 Å². The Kier molecular flexibility index (Phi) is 9.32. The van der Waals surface area contributed by atoms with Crippen LogP contribution in [0.15, 0.2) is 79.9 Å². The van der Waals surface area contributed by atoms with Gasteiger partial charge in [-0.05, 0) is 61.9 Å². The number of likely N-dealkylation sites (tertiary alicyclic amines) is 1. The Morgan fingerprint density at radius 3 is 2.53 bits per heavy atom. The van der Waals surface area contributed by atoms with Crippen LogP contribution in [0, 0.1) is 11.8 Å². The van der Waals surface area contributed by atoms with Crippen LogP contribution < -0.4 is 9.64 Å². The fourth-order valence-electron chi connectivity index (χ4n) is 7.02. The quantitative estimate of drug-likeness (QED) is 0.200. The van der Waals surface area contributed by atoms with Crippen LogP contribution in [0.5, 0.6) is 5.75 Å². The maximum Gasteiger partial charge on any atom is 0.312 e. The Bertz CT molecular complexity index is 1330. The Labute approximate surface area is 252 Å². The smallest absolute Gasteiger partial charge is 0.312 e. The van der Waals surface area contributed by atoms with E-state index in [1.165, 1.54) is 4.90 Å². The number of nitrogens with zero attached hydrogens (tertiary/aromatic N) is 2. The van der Waals surface area contributed by atoms with E-state index in [0.717, 1.165) is 12.8 Å². The summed E-state index contributed by atoms with van der Waals surface area (Å²) >= 11 is 0. The molecule has 0 aromatic heterocycles. The van der Waals surface area contributed by atoms with E-state index >= 15 is 0 Å². The summed E-state index contributed by atoms with van der Waals surface area (Å²) in [5.41, 5.74) is 0.0452. The summed E-state index contributed by atoms with van der Waals surface area (Å²) in [6, 6.07) is 14.3. The van der Waals surface area contributed by atoms with Crippen LogP contribution >= 0.6 is 0 Å². The average Bonchev–Trinajstić information content (AvgIpc) is 3.68. The van der Waals surface area contributed by atoms with Crippen LogP contribution in [0.1, 0.15) is 43.7 Å². The summed E-state index contributed by atoms with van der Waals surface area (Å²) < 4.78 is 17.5. The number of carbonyl (C=O) groups excluding carboxylic acids is 3. The molecular weight excluding hydrogens is 548 g/mol. The molecule has 2 aromatic carbocycles. The molecule has 3 aliphatic heterocycles. The van der Waals surface area contributed by atoms with Crippen molar-refractivity contribution in [2.24, 2.45) is 11.8 Å². The van der Waals surface area contributed by atoms with Gasteiger partial charge in [-0.3, -0.25) is 14.4 Å². The van der Waals surface area contributed by atoms with Crippen molar-refractivity contribution < 1.29 is 33.7 Å². The van der Waals surface area contributed by atoms with Gasteiger partial charge in [-0.2, -0.15) is 0 Å². The number of esters is 1. The van der Waals surface area contributed by atoms with Gasteiger partial charge in [0.25, 0.3) is 5.91 Å². The third-order valence-corrected chi connectivity index (χ3v) is 8.95. The number of benzene rings is 2. The molecule has 2 unspecified atom stereocenters. The minimum atomic E-state index is -1.24. The summed E-state index contributed by atoms with van der Waals surface area (Å²) in [5.74, 6) is -2.32. The second-order valence-electron chi connectivity index (χ2n) is 11.3. The second kappa shape index (κ2) is 13.1. The number of amides is 2. The fraction of sp³-hybridized carbons (Fsp3) is 0.441. The van der Waals surface area contributed by atoms with Gasteiger partial charge < -0.3 is 29.1 Å². The summed E-state index contributed by atoms with van der Waals surface area (Å²) in [5, 5.41) is 10.7. The molecule has 228 valence electrons. The molecule has 9 heteroatoms. The average molecular weight is 589 g/mol. The number of rotatable bonds is 14. The summed E-state index contributed by atoms with van der Waals surface area (Å²) in [7, 11) is 1.57. The van der Waals surface area contributed by atoms with Crippen molar-refractivity contribution in [2.75, 3.05) is 31.8 Å². The van der Waals surface area contributed by atoms with Gasteiger partial charge in [0.05, 0.1) is 44.3 Å². The Balaban J connectivity index is 1.54. The highest BCUT2D eigenvalue weighted by Crippen LogP contribution is 2.60. The highest BCUT2D eigenvalue weighted by atomic mass is 16.6. The Morgan fingerprint density at radius 2 is 1.88 bits per heavy atom. The fourth-order valence-corrected chi connectivity index (χ4v) is 7.02. The molecule has 1 N–H and O–H groups in total. The molecule has 9 nitrogen and oxygen atoms in total. The SMILES string of the molecule is C=CCCCCOC(=O)[C@@H]1[C@@H]2CCC3(O2)C(C(=O)N(CC=C)c2ccc(OC)cc2)N([C@H](CO)c2ccccc2)C(=O)[C@H]13. The second-order valence-corrected chi connectivity index (χ2v) is 11.3. The number of unbranched alkanes of at least 4 members (excludes halogenated alkanes) is 2. The maximum absolute atomic E-state index is 14.7. The minimum Gasteiger partial charge on any atom is -0.497 e. The van der Waals surface area contributed by atoms with Gasteiger partial charge in [-0.1, -0.05) is 42.5 Å². The lowest BCUT2D eigenvalue weighted by atomic mass is 9.70. The van der Waals surface area contributed by atoms with Crippen LogP contribution in [-0.4, -0.2) is 72.4 Å². The molecule has 5 rings (SSSR count). The van der Waals surface area contributed by atoms with Crippen molar-refractivity contribution in [1.29, 1.82) is 0 Å². The van der Waals surface area contributed by atoms with Crippen molar-refractivity contribution in [3.8, 4) is 5.75 Å². The zero-order chi connectivity index (χ0) is 30.6. The number of fused-ring (bicyclic) bond motifs is 1. The van der Waals surface area contributed by atoms with E-state index in [1.807, 2.05) is 36.4 Å². The van der Waals surface area contributed by atoms with Gasteiger partial charge >= 0.3 is 5.97 Å². The van der Waals surface area contributed by atoms with Gasteiger partial charge in [0, 0.05) is 12.2 Å². The third kappa shape index (κ3) is 5.47. The Hall–Kier alpha value is -3.95. The van der Waals surface area contributed by atoms with Crippen LogP contribution in [0.25, 0.3) is 0 Å². The zero-order valence-electron chi connectivity index (χ0n) is 24.6. The molecule has 3 aliphatic rings. The molecule has 0 aliphatic carbocycles. The van der Waals surface area contributed by atoms with Crippen LogP contribution in [0.4, 0.5) is 5.69 Å². The molecule has 6 atom stereocenters. The predicted molar refractivity (Wildman–Crippen MR) is 161 cm³/mol. The minimum absolute atomic E-state index is 0.180. The number of aliphatic hydroxyl groups excluding tert-OH is 1. The predicted octanol–water partition coefficient (Wildman–Crippen LogP) is 4.22. The third-order valence-electron chi connectivity index (χ3n) is 8.95. The van der Waals surface area contributed by atoms with E-state index in [1.54, 1.807) is 42.4 Å². The molecule has 3 fully saturated rings. The maximum atomic E-state index is 14.7. The molecule has 1 spiro atoms. The van der Waals surface area contributed by atoms with E-state index in [2.05, 4.69) is 13.2 Å². The van der Waals surface area contributed by atoms with Gasteiger partial charge in [0.15, 0.2) is 0 Å². The van der Waals surface area contributed by atoms with Crippen LogP contribution in [0.2, 0.25) is 0 Å². The zero-order valence-corrected chi connectivity index (χ0v) is 24.6. The van der Waals surface area contributed by atoms with Gasteiger partial charge in [-0.15, -0.1) is 13.2 Å². The van der Waals surface area contributed by atoms with E-state index < -0.39 is 48.2 Å². The lowest BCUT2D eigenvalue weighted by Gasteiger charge is -2.39. The van der Waals surface area contributed by atoms with Gasteiger partial charge in [0.1, 0.15) is 17.4 Å². The van der Waals surface area contributed by atoms with Crippen molar-refractivity contribution in [2.45, 2.75) is 55.9 Å². The highest BCUT2D eigenvalue weighted by Gasteiger charge is 2.75. The molecule has 2 amide bonds. The first-order chi connectivity index (χ1) is 20.9. The lowest BCUT2D eigenvalue weighted by Crippen LogP contribution is -2.57. The Morgan fingerprint density at radius 1 is 1.14 bits per heavy atom. The monoisotopic (exact) mass is 588 g/mol. The lowest BCUT2D eigenvalue weighted by molar-refractivity contribution is -0.156. The molecular formula is C34H40N2O7. The van der Waals surface area contributed by atoms with Crippen LogP contribution in [0.3, 0.4) is 0 Å². The first kappa shape index (κ1) is 30.5. The first-order valence-corrected chi connectivity index (χ1v) is 14.9. The standard InChI is InChI=1S/C34H40N2O7/c1-4-6-7-11-21-42-33(40)28-27-18-19-34(43-27)29(28)31(38)36(26(22-37)23-12-9-8-10-13-23)30(34)32(39)35(20-5-2)24-14-16-25(41-3)17-15-24/h4-5,8-10,12-17,26-30,37H,1-2,6-7,11,18-22H2,3H3/t26-,27+,28-,29+,30?,34?/m1/s1. The van der Waals surface area contributed by atoms with Gasteiger partial charge in [-0.25, -0.2) is 0 Å².